The van der Waals surface area contributed by atoms with E-state index in [0.29, 0.717) is 0 Å². The Morgan fingerprint density at radius 1 is 0.850 bits per heavy atom. The quantitative estimate of drug-likeness (QED) is 0.494. The zero-order valence-corrected chi connectivity index (χ0v) is 11.0. The lowest BCUT2D eigenvalue weighted by atomic mass is 10.3. The summed E-state index contributed by atoms with van der Waals surface area (Å²) in [6.45, 7) is 0. The van der Waals surface area contributed by atoms with Crippen molar-refractivity contribution in [3.05, 3.63) is 36.4 Å². The van der Waals surface area contributed by atoms with Crippen molar-refractivity contribution in [3.63, 3.8) is 0 Å². The molecule has 0 aliphatic heterocycles. The van der Waals surface area contributed by atoms with Gasteiger partial charge in [0, 0.05) is 12.1 Å². The van der Waals surface area contributed by atoms with Gasteiger partial charge in [-0.25, -0.2) is 0 Å². The fraction of sp³-hybridized carbons (Fsp3) is 0. The van der Waals surface area contributed by atoms with E-state index < -0.39 is 11.4 Å². The highest BCUT2D eigenvalue weighted by molar-refractivity contribution is 7.75. The van der Waals surface area contributed by atoms with Gasteiger partial charge in [0.25, 0.3) is 0 Å². The molecule has 20 heavy (non-hydrogen) atoms. The number of aromatic hydroxyl groups is 2. The van der Waals surface area contributed by atoms with E-state index in [1.807, 2.05) is 0 Å². The Morgan fingerprint density at radius 3 is 1.60 bits per heavy atom. The molecule has 0 saturated carbocycles. The molecular formula is C12H12N2O5S. The fourth-order valence-electron chi connectivity index (χ4n) is 1.34. The van der Waals surface area contributed by atoms with Crippen molar-refractivity contribution in [2.75, 3.05) is 11.5 Å². The highest BCUT2D eigenvalue weighted by Gasteiger charge is 2.09. The van der Waals surface area contributed by atoms with Crippen LogP contribution in [-0.4, -0.2) is 14.4 Å². The fourth-order valence-corrected chi connectivity index (χ4v) is 1.90. The van der Waals surface area contributed by atoms with Crippen LogP contribution in [0, 0.1) is 0 Å². The van der Waals surface area contributed by atoms with Gasteiger partial charge in [-0.3, -0.25) is 0 Å². The number of nitrogens with two attached hydrogens (primary N) is 2. The van der Waals surface area contributed by atoms with E-state index in [0.717, 1.165) is 0 Å². The third-order valence-corrected chi connectivity index (χ3v) is 2.98. The summed E-state index contributed by atoms with van der Waals surface area (Å²) in [6.07, 6.45) is 0. The highest BCUT2D eigenvalue weighted by atomic mass is 32.2. The van der Waals surface area contributed by atoms with Crippen molar-refractivity contribution in [2.24, 2.45) is 0 Å². The summed E-state index contributed by atoms with van der Waals surface area (Å²) >= 11 is -2.13. The number of benzene rings is 2. The second-order valence-corrected chi connectivity index (χ2v) is 4.55. The van der Waals surface area contributed by atoms with E-state index in [1.54, 1.807) is 0 Å². The zero-order chi connectivity index (χ0) is 14.7. The number of anilines is 2. The average molecular weight is 296 g/mol. The summed E-state index contributed by atoms with van der Waals surface area (Å²) in [5, 5.41) is 18.5. The van der Waals surface area contributed by atoms with Gasteiger partial charge < -0.3 is 30.0 Å². The maximum Gasteiger partial charge on any atom is 0.417 e. The molecule has 0 radical (unpaired) electrons. The van der Waals surface area contributed by atoms with Gasteiger partial charge in [0.15, 0.2) is 0 Å². The zero-order valence-electron chi connectivity index (χ0n) is 10.1. The Kier molecular flexibility index (Phi) is 3.85. The summed E-state index contributed by atoms with van der Waals surface area (Å²) in [4.78, 5) is 0. The molecule has 2 aromatic rings. The summed E-state index contributed by atoms with van der Waals surface area (Å²) in [7, 11) is 0. The molecule has 0 bridgehead atoms. The maximum atomic E-state index is 11.6. The van der Waals surface area contributed by atoms with E-state index in [1.165, 1.54) is 36.4 Å². The number of hydrogen-bond acceptors (Lipinski definition) is 7. The van der Waals surface area contributed by atoms with Crippen molar-refractivity contribution < 1.29 is 22.8 Å². The minimum Gasteiger partial charge on any atom is -0.506 e. The molecule has 2 rings (SSSR count). The summed E-state index contributed by atoms with van der Waals surface area (Å²) in [5.74, 6) is 0.140. The maximum absolute atomic E-state index is 11.6. The van der Waals surface area contributed by atoms with Crippen LogP contribution >= 0.6 is 0 Å². The van der Waals surface area contributed by atoms with Crippen molar-refractivity contribution >= 4 is 22.7 Å². The molecule has 0 saturated heterocycles. The van der Waals surface area contributed by atoms with Crippen LogP contribution in [0.15, 0.2) is 36.4 Å². The van der Waals surface area contributed by atoms with Gasteiger partial charge in [-0.05, 0) is 24.3 Å². The summed E-state index contributed by atoms with van der Waals surface area (Å²) in [5.41, 5.74) is 11.1. The third kappa shape index (κ3) is 3.23. The summed E-state index contributed by atoms with van der Waals surface area (Å²) < 4.78 is 21.6. The Morgan fingerprint density at radius 2 is 1.25 bits per heavy atom. The van der Waals surface area contributed by atoms with E-state index >= 15 is 0 Å². The number of nitrogen functional groups attached to an aromatic ring is 2. The second-order valence-electron chi connectivity index (χ2n) is 3.81. The molecule has 6 N–H and O–H groups in total. The SMILES string of the molecule is Nc1cc(OS(=O)Oc2ccc(O)c(N)c2)ccc1O. The molecular weight excluding hydrogens is 284 g/mol. The molecule has 0 aliphatic carbocycles. The lowest BCUT2D eigenvalue weighted by Gasteiger charge is -2.07. The Bertz CT molecular complexity index is 607. The van der Waals surface area contributed by atoms with Gasteiger partial charge >= 0.3 is 11.4 Å². The first-order chi connectivity index (χ1) is 9.45. The van der Waals surface area contributed by atoms with E-state index in [4.69, 9.17) is 19.8 Å². The second kappa shape index (κ2) is 5.57. The van der Waals surface area contributed by atoms with Gasteiger partial charge in [-0.1, -0.05) is 0 Å². The predicted molar refractivity (Wildman–Crippen MR) is 74.4 cm³/mol. The van der Waals surface area contributed by atoms with Gasteiger partial charge in [0.05, 0.1) is 11.4 Å². The van der Waals surface area contributed by atoms with E-state index in [-0.39, 0.29) is 34.4 Å². The average Bonchev–Trinajstić information content (AvgIpc) is 2.38. The Balaban J connectivity index is 2.04. The van der Waals surface area contributed by atoms with Crippen LogP contribution < -0.4 is 19.8 Å². The molecule has 0 unspecified atom stereocenters. The lowest BCUT2D eigenvalue weighted by molar-refractivity contribution is 0.455. The highest BCUT2D eigenvalue weighted by Crippen LogP contribution is 2.27. The molecule has 0 atom stereocenters. The topological polar surface area (TPSA) is 128 Å². The van der Waals surface area contributed by atoms with Crippen molar-refractivity contribution in [3.8, 4) is 23.0 Å². The first-order valence-electron chi connectivity index (χ1n) is 5.41. The first kappa shape index (κ1) is 13.8. The number of phenols is 2. The van der Waals surface area contributed by atoms with Crippen LogP contribution in [-0.2, 0) is 11.4 Å². The number of phenolic OH excluding ortho intramolecular Hbond substituents is 2. The third-order valence-electron chi connectivity index (χ3n) is 2.33. The van der Waals surface area contributed by atoms with Crippen molar-refractivity contribution in [1.29, 1.82) is 0 Å². The molecule has 7 nitrogen and oxygen atoms in total. The standard InChI is InChI=1S/C12H12N2O5S/c13-9-5-7(1-3-11(9)15)18-20(17)19-8-2-4-12(16)10(14)6-8/h1-6,15-16H,13-14H2. The first-order valence-corrected chi connectivity index (χ1v) is 6.41. The molecule has 0 fully saturated rings. The van der Waals surface area contributed by atoms with Crippen LogP contribution in [0.3, 0.4) is 0 Å². The Labute approximate surface area is 117 Å². The molecule has 2 aromatic carbocycles. The Hall–Kier alpha value is -2.61. The normalized spacial score (nSPS) is 10.4. The van der Waals surface area contributed by atoms with Gasteiger partial charge in [0.1, 0.15) is 23.0 Å². The smallest absolute Gasteiger partial charge is 0.417 e. The van der Waals surface area contributed by atoms with Gasteiger partial charge in [0.2, 0.25) is 0 Å². The molecule has 0 aliphatic rings. The van der Waals surface area contributed by atoms with Crippen molar-refractivity contribution in [1.82, 2.24) is 0 Å². The van der Waals surface area contributed by atoms with Crippen LogP contribution in [0.5, 0.6) is 23.0 Å². The summed E-state index contributed by atoms with van der Waals surface area (Å²) in [6, 6.07) is 8.00. The number of rotatable bonds is 4. The molecule has 8 heteroatoms. The van der Waals surface area contributed by atoms with Crippen LogP contribution in [0.4, 0.5) is 11.4 Å². The molecule has 106 valence electrons. The van der Waals surface area contributed by atoms with Gasteiger partial charge in [-0.15, -0.1) is 0 Å². The van der Waals surface area contributed by atoms with E-state index in [9.17, 15) is 14.4 Å². The lowest BCUT2D eigenvalue weighted by Crippen LogP contribution is -2.08. The van der Waals surface area contributed by atoms with Crippen LogP contribution in [0.2, 0.25) is 0 Å². The van der Waals surface area contributed by atoms with Crippen LogP contribution in [0.1, 0.15) is 0 Å². The predicted octanol–water partition coefficient (Wildman–Crippen LogP) is 1.30. The molecule has 0 heterocycles. The minimum absolute atomic E-state index is 0.0911. The monoisotopic (exact) mass is 296 g/mol. The van der Waals surface area contributed by atoms with Crippen molar-refractivity contribution in [2.45, 2.75) is 0 Å². The minimum atomic E-state index is -2.13. The molecule has 0 amide bonds. The largest absolute Gasteiger partial charge is 0.506 e. The molecule has 0 aromatic heterocycles. The van der Waals surface area contributed by atoms with Gasteiger partial charge in [-0.2, -0.15) is 4.21 Å². The number of hydrogen-bond donors (Lipinski definition) is 4. The van der Waals surface area contributed by atoms with E-state index in [2.05, 4.69) is 0 Å². The van der Waals surface area contributed by atoms with Crippen LogP contribution in [0.25, 0.3) is 0 Å². The molecule has 0 spiro atoms.